The summed E-state index contributed by atoms with van der Waals surface area (Å²) in [5.74, 6) is -4.77. The van der Waals surface area contributed by atoms with E-state index >= 15 is 0 Å². The molecule has 0 spiro atoms. The lowest BCUT2D eigenvalue weighted by Gasteiger charge is -2.33. The molecule has 0 saturated carbocycles. The van der Waals surface area contributed by atoms with Crippen molar-refractivity contribution in [2.45, 2.75) is 18.9 Å². The fourth-order valence-electron chi connectivity index (χ4n) is 2.77. The molecule has 0 radical (unpaired) electrons. The molecule has 4 nitrogen and oxygen atoms in total. The average molecular weight is 335 g/mol. The van der Waals surface area contributed by atoms with Crippen LogP contribution >= 0.6 is 0 Å². The van der Waals surface area contributed by atoms with Crippen molar-refractivity contribution in [2.75, 3.05) is 18.4 Å². The zero-order valence-corrected chi connectivity index (χ0v) is 12.8. The van der Waals surface area contributed by atoms with Crippen molar-refractivity contribution >= 4 is 11.6 Å². The number of aromatic nitrogens is 1. The molecule has 3 rings (SSSR count). The van der Waals surface area contributed by atoms with Crippen LogP contribution in [0.2, 0.25) is 0 Å². The topological polar surface area (TPSA) is 45.2 Å². The van der Waals surface area contributed by atoms with E-state index in [0.717, 1.165) is 17.8 Å². The summed E-state index contributed by atoms with van der Waals surface area (Å²) in [6.45, 7) is 0.911. The molecule has 2 aromatic rings. The highest BCUT2D eigenvalue weighted by atomic mass is 19.2. The standard InChI is InChI=1S/C17H16F3N3O/c18-14-8-11(9-15(19)16(14)20)17(24)23-6-3-12(4-7-23)22-13-2-1-5-21-10-13/h1-2,5,8-10,12,22H,3-4,6-7H2. The fraction of sp³-hybridized carbons (Fsp3) is 0.294. The van der Waals surface area contributed by atoms with E-state index in [0.29, 0.717) is 25.9 Å². The number of hydrogen-bond donors (Lipinski definition) is 1. The van der Waals surface area contributed by atoms with E-state index in [2.05, 4.69) is 10.3 Å². The quantitative estimate of drug-likeness (QED) is 0.876. The highest BCUT2D eigenvalue weighted by Crippen LogP contribution is 2.20. The Kier molecular flexibility index (Phi) is 4.69. The van der Waals surface area contributed by atoms with Crippen molar-refractivity contribution in [2.24, 2.45) is 0 Å². The van der Waals surface area contributed by atoms with Gasteiger partial charge in [0.1, 0.15) is 0 Å². The van der Waals surface area contributed by atoms with E-state index in [1.165, 1.54) is 4.90 Å². The van der Waals surface area contributed by atoms with Crippen molar-refractivity contribution in [3.8, 4) is 0 Å². The Morgan fingerprint density at radius 1 is 1.17 bits per heavy atom. The van der Waals surface area contributed by atoms with Gasteiger partial charge in [-0.3, -0.25) is 9.78 Å². The number of amides is 1. The largest absolute Gasteiger partial charge is 0.381 e. The normalized spacial score (nSPS) is 15.4. The third-order valence-electron chi connectivity index (χ3n) is 4.05. The van der Waals surface area contributed by atoms with E-state index in [1.54, 1.807) is 12.4 Å². The van der Waals surface area contributed by atoms with E-state index < -0.39 is 23.4 Å². The Balaban J connectivity index is 1.61. The van der Waals surface area contributed by atoms with Gasteiger partial charge in [-0.25, -0.2) is 13.2 Å². The predicted molar refractivity (Wildman–Crippen MR) is 83.1 cm³/mol. The van der Waals surface area contributed by atoms with E-state index in [-0.39, 0.29) is 11.6 Å². The van der Waals surface area contributed by atoms with Gasteiger partial charge in [-0.15, -0.1) is 0 Å². The molecule has 1 N–H and O–H groups in total. The summed E-state index contributed by atoms with van der Waals surface area (Å²) in [5.41, 5.74) is 0.732. The molecule has 1 aliphatic rings. The van der Waals surface area contributed by atoms with Crippen LogP contribution < -0.4 is 5.32 Å². The van der Waals surface area contributed by atoms with Gasteiger partial charge in [0.25, 0.3) is 5.91 Å². The maximum Gasteiger partial charge on any atom is 0.254 e. The summed E-state index contributed by atoms with van der Waals surface area (Å²) in [6.07, 6.45) is 4.81. The van der Waals surface area contributed by atoms with Gasteiger partial charge in [-0.2, -0.15) is 0 Å². The molecule has 1 saturated heterocycles. The number of piperidine rings is 1. The molecule has 0 aliphatic carbocycles. The van der Waals surface area contributed by atoms with Gasteiger partial charge in [0.2, 0.25) is 0 Å². The maximum atomic E-state index is 13.3. The molecule has 1 fully saturated rings. The zero-order chi connectivity index (χ0) is 17.1. The maximum absolute atomic E-state index is 13.3. The van der Waals surface area contributed by atoms with Gasteiger partial charge in [0.15, 0.2) is 17.5 Å². The van der Waals surface area contributed by atoms with Crippen LogP contribution in [-0.2, 0) is 0 Å². The number of halogens is 3. The number of likely N-dealkylation sites (tertiary alicyclic amines) is 1. The highest BCUT2D eigenvalue weighted by Gasteiger charge is 2.25. The summed E-state index contributed by atoms with van der Waals surface area (Å²) in [5, 5.41) is 3.34. The Labute approximate surface area is 137 Å². The van der Waals surface area contributed by atoms with Crippen LogP contribution in [0, 0.1) is 17.5 Å². The van der Waals surface area contributed by atoms with Crippen molar-refractivity contribution < 1.29 is 18.0 Å². The second-order valence-electron chi connectivity index (χ2n) is 5.71. The third kappa shape index (κ3) is 3.50. The Bertz CT molecular complexity index is 708. The third-order valence-corrected chi connectivity index (χ3v) is 4.05. The number of pyridine rings is 1. The molecule has 2 heterocycles. The van der Waals surface area contributed by atoms with Crippen LogP contribution in [-0.4, -0.2) is 34.9 Å². The first-order valence-electron chi connectivity index (χ1n) is 7.65. The van der Waals surface area contributed by atoms with Crippen LogP contribution in [0.15, 0.2) is 36.7 Å². The summed E-state index contributed by atoms with van der Waals surface area (Å²) >= 11 is 0. The number of hydrogen-bond acceptors (Lipinski definition) is 3. The summed E-state index contributed by atoms with van der Waals surface area (Å²) in [7, 11) is 0. The Morgan fingerprint density at radius 2 is 1.83 bits per heavy atom. The minimum atomic E-state index is -1.56. The molecule has 7 heteroatoms. The smallest absolute Gasteiger partial charge is 0.254 e. The number of carbonyl (C=O) groups excluding carboxylic acids is 1. The SMILES string of the molecule is O=C(c1cc(F)c(F)c(F)c1)N1CCC(Nc2cccnc2)CC1. The predicted octanol–water partition coefficient (Wildman–Crippen LogP) is 3.22. The van der Waals surface area contributed by atoms with E-state index in [4.69, 9.17) is 0 Å². The average Bonchev–Trinajstić information content (AvgIpc) is 2.60. The minimum absolute atomic E-state index is 0.176. The van der Waals surface area contributed by atoms with Crippen molar-refractivity contribution in [1.82, 2.24) is 9.88 Å². The Morgan fingerprint density at radius 3 is 2.42 bits per heavy atom. The molecule has 1 amide bonds. The van der Waals surface area contributed by atoms with Crippen molar-refractivity contribution in [3.05, 3.63) is 59.7 Å². The van der Waals surface area contributed by atoms with Crippen LogP contribution in [0.1, 0.15) is 23.2 Å². The van der Waals surface area contributed by atoms with E-state index in [9.17, 15) is 18.0 Å². The number of nitrogens with zero attached hydrogens (tertiary/aromatic N) is 2. The summed E-state index contributed by atoms with van der Waals surface area (Å²) in [6, 6.07) is 5.41. The second kappa shape index (κ2) is 6.90. The number of rotatable bonds is 3. The summed E-state index contributed by atoms with van der Waals surface area (Å²) in [4.78, 5) is 17.9. The molecule has 126 valence electrons. The molecule has 0 bridgehead atoms. The highest BCUT2D eigenvalue weighted by molar-refractivity contribution is 5.94. The van der Waals surface area contributed by atoms with Gasteiger partial charge in [-0.05, 0) is 37.1 Å². The minimum Gasteiger partial charge on any atom is -0.381 e. The number of nitrogens with one attached hydrogen (secondary N) is 1. The first kappa shape index (κ1) is 16.3. The second-order valence-corrected chi connectivity index (χ2v) is 5.71. The van der Waals surface area contributed by atoms with Gasteiger partial charge in [-0.1, -0.05) is 0 Å². The van der Waals surface area contributed by atoms with Crippen LogP contribution in [0.25, 0.3) is 0 Å². The van der Waals surface area contributed by atoms with Crippen molar-refractivity contribution in [1.29, 1.82) is 0 Å². The number of anilines is 1. The number of carbonyl (C=O) groups is 1. The molecule has 0 unspecified atom stereocenters. The van der Waals surface area contributed by atoms with Crippen LogP contribution in [0.4, 0.5) is 18.9 Å². The Hall–Kier alpha value is -2.57. The molecule has 1 aromatic carbocycles. The van der Waals surface area contributed by atoms with Gasteiger partial charge in [0.05, 0.1) is 5.69 Å². The van der Waals surface area contributed by atoms with Crippen molar-refractivity contribution in [3.63, 3.8) is 0 Å². The first-order valence-corrected chi connectivity index (χ1v) is 7.65. The zero-order valence-electron chi connectivity index (χ0n) is 12.8. The molecule has 1 aliphatic heterocycles. The lowest BCUT2D eigenvalue weighted by Crippen LogP contribution is -2.42. The van der Waals surface area contributed by atoms with Gasteiger partial charge in [0, 0.05) is 37.1 Å². The first-order chi connectivity index (χ1) is 11.5. The molecule has 0 atom stereocenters. The molecular formula is C17H16F3N3O. The lowest BCUT2D eigenvalue weighted by molar-refractivity contribution is 0.0717. The molecule has 24 heavy (non-hydrogen) atoms. The van der Waals surface area contributed by atoms with Gasteiger partial charge < -0.3 is 10.2 Å². The fourth-order valence-corrected chi connectivity index (χ4v) is 2.77. The monoisotopic (exact) mass is 335 g/mol. The number of benzene rings is 1. The van der Waals surface area contributed by atoms with Crippen LogP contribution in [0.5, 0.6) is 0 Å². The van der Waals surface area contributed by atoms with Gasteiger partial charge >= 0.3 is 0 Å². The molecule has 1 aromatic heterocycles. The van der Waals surface area contributed by atoms with Crippen LogP contribution in [0.3, 0.4) is 0 Å². The lowest BCUT2D eigenvalue weighted by atomic mass is 10.0. The van der Waals surface area contributed by atoms with E-state index in [1.807, 2.05) is 12.1 Å². The molecular weight excluding hydrogens is 319 g/mol. The summed E-state index contributed by atoms with van der Waals surface area (Å²) < 4.78 is 39.5.